The van der Waals surface area contributed by atoms with Crippen molar-refractivity contribution in [3.63, 3.8) is 0 Å². The molecule has 0 fully saturated rings. The van der Waals surface area contributed by atoms with Crippen LogP contribution in [0.1, 0.15) is 57.8 Å². The summed E-state index contributed by atoms with van der Waals surface area (Å²) in [4.78, 5) is 27.4. The van der Waals surface area contributed by atoms with Gasteiger partial charge in [0, 0.05) is 22.3 Å². The first-order valence-corrected chi connectivity index (χ1v) is 23.0. The number of carbonyl (C=O) groups is 2. The second kappa shape index (κ2) is 19.8. The Hall–Kier alpha value is -8.76. The largest absolute Gasteiger partial charge is 0.496 e. The van der Waals surface area contributed by atoms with E-state index in [1.165, 1.54) is 0 Å². The molecule has 0 heterocycles. The van der Waals surface area contributed by atoms with Gasteiger partial charge in [-0.1, -0.05) is 146 Å². The third-order valence-electron chi connectivity index (χ3n) is 13.0. The second-order valence-corrected chi connectivity index (χ2v) is 17.1. The number of fused-ring (bicyclic) bond motifs is 2. The molecule has 0 saturated heterocycles. The number of nitrogens with two attached hydrogens (primary N) is 2. The standard InChI is InChI=1S/C60H54N4O6/c1-35(37-17-9-7-10-18-37)63-59(65)41-31-49(67-3)55(50(32-41)68-4)47-27-15-23-39-21-13-25-43(53(39)47)45-29-30-46(58(62)57(45)61)44-26-14-22-40-24-16-28-48(54(40)44)56-51(69-5)33-42(34-52(56)70-6)60(66)64-36(2)38-19-11-8-12-20-38/h7-36H,61-62H2,1-6H3,(H,63,65)(H,64,66)/t35-,36-/m1/s1. The van der Waals surface area contributed by atoms with Gasteiger partial charge >= 0.3 is 0 Å². The Balaban J connectivity index is 1.13. The molecule has 0 aliphatic carbocycles. The molecule has 9 rings (SSSR count). The van der Waals surface area contributed by atoms with Crippen LogP contribution in [0.15, 0.2) is 170 Å². The quantitative estimate of drug-likeness (QED) is 0.0788. The van der Waals surface area contributed by atoms with E-state index in [0.717, 1.165) is 66.1 Å². The van der Waals surface area contributed by atoms with Crippen LogP contribution >= 0.6 is 0 Å². The summed E-state index contributed by atoms with van der Waals surface area (Å²) in [5.74, 6) is 1.36. The highest BCUT2D eigenvalue weighted by Crippen LogP contribution is 2.50. The van der Waals surface area contributed by atoms with Crippen LogP contribution in [-0.4, -0.2) is 40.3 Å². The molecule has 9 aromatic rings. The lowest BCUT2D eigenvalue weighted by Gasteiger charge is -2.21. The smallest absolute Gasteiger partial charge is 0.252 e. The van der Waals surface area contributed by atoms with Crippen molar-refractivity contribution in [3.05, 3.63) is 192 Å². The average Bonchev–Trinajstić information content (AvgIpc) is 3.40. The first kappa shape index (κ1) is 46.4. The van der Waals surface area contributed by atoms with Crippen molar-refractivity contribution in [1.29, 1.82) is 0 Å². The van der Waals surface area contributed by atoms with Crippen molar-refractivity contribution in [1.82, 2.24) is 10.6 Å². The molecule has 350 valence electrons. The van der Waals surface area contributed by atoms with Gasteiger partial charge in [0.2, 0.25) is 0 Å². The first-order valence-electron chi connectivity index (χ1n) is 23.0. The highest BCUT2D eigenvalue weighted by molar-refractivity contribution is 6.14. The third kappa shape index (κ3) is 8.67. The Labute approximate surface area is 407 Å². The van der Waals surface area contributed by atoms with Crippen LogP contribution in [-0.2, 0) is 0 Å². The van der Waals surface area contributed by atoms with E-state index in [1.807, 2.05) is 159 Å². The number of anilines is 2. The topological polar surface area (TPSA) is 147 Å². The molecule has 6 N–H and O–H groups in total. The van der Waals surface area contributed by atoms with Gasteiger partial charge in [0.15, 0.2) is 0 Å². The Kier molecular flexibility index (Phi) is 13.1. The van der Waals surface area contributed by atoms with Crippen molar-refractivity contribution < 1.29 is 28.5 Å². The number of methoxy groups -OCH3 is 4. The summed E-state index contributed by atoms with van der Waals surface area (Å²) in [5.41, 5.74) is 24.1. The molecule has 10 nitrogen and oxygen atoms in total. The molecule has 0 spiro atoms. The molecular formula is C60H54N4O6. The monoisotopic (exact) mass is 926 g/mol. The molecule has 9 aromatic carbocycles. The molecule has 2 amide bonds. The molecule has 0 radical (unpaired) electrons. The van der Waals surface area contributed by atoms with Crippen LogP contribution in [0.4, 0.5) is 11.4 Å². The van der Waals surface area contributed by atoms with Gasteiger partial charge < -0.3 is 41.0 Å². The number of carbonyl (C=O) groups excluding carboxylic acids is 2. The van der Waals surface area contributed by atoms with Gasteiger partial charge in [0.1, 0.15) is 23.0 Å². The molecule has 10 heteroatoms. The summed E-state index contributed by atoms with van der Waals surface area (Å²) in [6.45, 7) is 3.90. The minimum Gasteiger partial charge on any atom is -0.496 e. The second-order valence-electron chi connectivity index (χ2n) is 17.1. The number of rotatable bonds is 14. The molecule has 70 heavy (non-hydrogen) atoms. The van der Waals surface area contributed by atoms with Crippen LogP contribution < -0.4 is 41.0 Å². The lowest BCUT2D eigenvalue weighted by Crippen LogP contribution is -2.26. The maximum absolute atomic E-state index is 13.7. The van der Waals surface area contributed by atoms with Gasteiger partial charge in [-0.05, 0) is 93.0 Å². The molecule has 0 aliphatic rings. The van der Waals surface area contributed by atoms with Crippen LogP contribution in [0.2, 0.25) is 0 Å². The molecular weight excluding hydrogens is 873 g/mol. The average molecular weight is 927 g/mol. The number of ether oxygens (including phenoxy) is 4. The van der Waals surface area contributed by atoms with E-state index in [4.69, 9.17) is 30.4 Å². The minimum atomic E-state index is -0.259. The summed E-state index contributed by atoms with van der Waals surface area (Å²) < 4.78 is 24.1. The van der Waals surface area contributed by atoms with Crippen molar-refractivity contribution in [2.24, 2.45) is 0 Å². The van der Waals surface area contributed by atoms with Crippen LogP contribution in [0.5, 0.6) is 23.0 Å². The van der Waals surface area contributed by atoms with Crippen LogP contribution in [0.3, 0.4) is 0 Å². The van der Waals surface area contributed by atoms with Gasteiger partial charge in [0.25, 0.3) is 11.8 Å². The third-order valence-corrected chi connectivity index (χ3v) is 13.0. The maximum atomic E-state index is 13.7. The molecule has 0 saturated carbocycles. The fraction of sp³-hybridized carbons (Fsp3) is 0.133. The number of nitrogen functional groups attached to an aromatic ring is 2. The minimum absolute atomic E-state index is 0.224. The highest BCUT2D eigenvalue weighted by atomic mass is 16.5. The van der Waals surface area contributed by atoms with E-state index < -0.39 is 0 Å². The molecule has 0 aromatic heterocycles. The van der Waals surface area contributed by atoms with Crippen molar-refractivity contribution in [3.8, 4) is 67.5 Å². The number of hydrogen-bond acceptors (Lipinski definition) is 8. The van der Waals surface area contributed by atoms with Crippen LogP contribution in [0.25, 0.3) is 66.1 Å². The van der Waals surface area contributed by atoms with Gasteiger partial charge in [-0.2, -0.15) is 0 Å². The fourth-order valence-corrected chi connectivity index (χ4v) is 9.48. The zero-order valence-electron chi connectivity index (χ0n) is 39.9. The molecule has 0 bridgehead atoms. The van der Waals surface area contributed by atoms with E-state index in [9.17, 15) is 9.59 Å². The summed E-state index contributed by atoms with van der Waals surface area (Å²) in [5, 5.41) is 9.92. The van der Waals surface area contributed by atoms with Crippen molar-refractivity contribution in [2.45, 2.75) is 25.9 Å². The van der Waals surface area contributed by atoms with Crippen molar-refractivity contribution in [2.75, 3.05) is 39.9 Å². The lowest BCUT2D eigenvalue weighted by atomic mass is 9.87. The molecule has 0 aliphatic heterocycles. The number of amides is 2. The number of hydrogen-bond donors (Lipinski definition) is 4. The first-order chi connectivity index (χ1) is 34.0. The Morgan fingerprint density at radius 2 is 0.714 bits per heavy atom. The Morgan fingerprint density at radius 1 is 0.400 bits per heavy atom. The van der Waals surface area contributed by atoms with Gasteiger partial charge in [0.05, 0.1) is 63.0 Å². The zero-order valence-corrected chi connectivity index (χ0v) is 39.9. The predicted octanol–water partition coefficient (Wildman–Crippen LogP) is 12.8. The number of nitrogens with one attached hydrogen (secondary N) is 2. The van der Waals surface area contributed by atoms with Gasteiger partial charge in [-0.15, -0.1) is 0 Å². The van der Waals surface area contributed by atoms with E-state index in [0.29, 0.717) is 56.6 Å². The van der Waals surface area contributed by atoms with Crippen molar-refractivity contribution >= 4 is 44.7 Å². The van der Waals surface area contributed by atoms with E-state index in [1.54, 1.807) is 52.7 Å². The summed E-state index contributed by atoms with van der Waals surface area (Å²) >= 11 is 0. The van der Waals surface area contributed by atoms with E-state index in [2.05, 4.69) is 10.6 Å². The van der Waals surface area contributed by atoms with E-state index in [-0.39, 0.29) is 23.9 Å². The highest BCUT2D eigenvalue weighted by Gasteiger charge is 2.26. The van der Waals surface area contributed by atoms with Gasteiger partial charge in [-0.3, -0.25) is 9.59 Å². The molecule has 2 atom stereocenters. The van der Waals surface area contributed by atoms with Gasteiger partial charge in [-0.25, -0.2) is 0 Å². The number of benzene rings is 9. The molecule has 0 unspecified atom stereocenters. The predicted molar refractivity (Wildman–Crippen MR) is 283 cm³/mol. The Bertz CT molecular complexity index is 3140. The summed E-state index contributed by atoms with van der Waals surface area (Å²) in [7, 11) is 6.35. The summed E-state index contributed by atoms with van der Waals surface area (Å²) in [6.07, 6.45) is 0. The maximum Gasteiger partial charge on any atom is 0.252 e. The Morgan fingerprint density at radius 3 is 1.03 bits per heavy atom. The fourth-order valence-electron chi connectivity index (χ4n) is 9.48. The normalized spacial score (nSPS) is 12.0. The van der Waals surface area contributed by atoms with Crippen LogP contribution in [0, 0.1) is 0 Å². The summed E-state index contributed by atoms with van der Waals surface area (Å²) in [6, 6.07) is 54.4. The zero-order chi connectivity index (χ0) is 49.1. The van der Waals surface area contributed by atoms with E-state index >= 15 is 0 Å². The SMILES string of the molecule is COc1cc(C(=O)N[C@H](C)c2ccccc2)cc(OC)c1-c1cccc2cccc(-c3ccc(-c4cccc5cccc(-c6c(OC)cc(C(=O)N[C@H](C)c7ccccc7)cc6OC)c45)c(N)c3N)c12. The lowest BCUT2D eigenvalue weighted by molar-refractivity contribution is 0.0931.